The summed E-state index contributed by atoms with van der Waals surface area (Å²) >= 11 is 0. The summed E-state index contributed by atoms with van der Waals surface area (Å²) in [4.78, 5) is 28.5. The van der Waals surface area contributed by atoms with Crippen LogP contribution in [0.3, 0.4) is 0 Å². The molecule has 0 radical (unpaired) electrons. The second-order valence-electron chi connectivity index (χ2n) is 3.57. The number of carbonyl (C=O) groups is 2. The fourth-order valence-corrected chi connectivity index (χ4v) is 1.63. The maximum absolute atomic E-state index is 11.9. The normalized spacial score (nSPS) is 15.5. The van der Waals surface area contributed by atoms with E-state index in [-0.39, 0.29) is 24.1 Å². The molecule has 1 aliphatic heterocycles. The number of hydrogen-bond acceptors (Lipinski definition) is 3. The lowest BCUT2D eigenvalue weighted by molar-refractivity contribution is -0.120. The lowest BCUT2D eigenvalue weighted by Gasteiger charge is -2.25. The Morgan fingerprint density at radius 1 is 1.31 bits per heavy atom. The molecule has 0 bridgehead atoms. The van der Waals surface area contributed by atoms with Crippen LogP contribution in [-0.2, 0) is 4.79 Å². The average Bonchev–Trinajstić information content (AvgIpc) is 2.30. The van der Waals surface area contributed by atoms with Crippen molar-refractivity contribution in [1.82, 2.24) is 9.88 Å². The Balaban J connectivity index is 0.00000128. The van der Waals surface area contributed by atoms with E-state index in [0.717, 1.165) is 0 Å². The van der Waals surface area contributed by atoms with Crippen molar-refractivity contribution in [2.45, 2.75) is 12.8 Å². The van der Waals surface area contributed by atoms with Crippen LogP contribution >= 0.6 is 12.4 Å². The number of halogens is 1. The van der Waals surface area contributed by atoms with E-state index in [0.29, 0.717) is 31.5 Å². The molecule has 1 saturated heterocycles. The number of aromatic nitrogens is 1. The molecular formula is C11H13ClN2O2. The van der Waals surface area contributed by atoms with Gasteiger partial charge < -0.3 is 4.90 Å². The SMILES string of the molecule is Cl.O=C1CCN(C(=O)c2cccnc2)CC1. The van der Waals surface area contributed by atoms with Crippen LogP contribution in [0.15, 0.2) is 24.5 Å². The molecule has 0 saturated carbocycles. The number of carbonyl (C=O) groups excluding carboxylic acids is 2. The molecule has 0 spiro atoms. The summed E-state index contributed by atoms with van der Waals surface area (Å²) in [6.45, 7) is 1.07. The van der Waals surface area contributed by atoms with Crippen LogP contribution in [0.4, 0.5) is 0 Å². The molecule has 86 valence electrons. The summed E-state index contributed by atoms with van der Waals surface area (Å²) in [7, 11) is 0. The fraction of sp³-hybridized carbons (Fsp3) is 0.364. The average molecular weight is 241 g/mol. The van der Waals surface area contributed by atoms with Gasteiger partial charge in [-0.25, -0.2) is 0 Å². The van der Waals surface area contributed by atoms with Gasteiger partial charge in [0.1, 0.15) is 5.78 Å². The molecule has 2 rings (SSSR count). The van der Waals surface area contributed by atoms with E-state index in [1.165, 1.54) is 0 Å². The van der Waals surface area contributed by atoms with Gasteiger partial charge in [-0.2, -0.15) is 0 Å². The van der Waals surface area contributed by atoms with E-state index in [1.807, 2.05) is 0 Å². The summed E-state index contributed by atoms with van der Waals surface area (Å²) in [5.41, 5.74) is 0.590. The topological polar surface area (TPSA) is 50.3 Å². The zero-order valence-corrected chi connectivity index (χ0v) is 9.57. The molecule has 0 atom stereocenters. The Labute approximate surface area is 100 Å². The smallest absolute Gasteiger partial charge is 0.255 e. The van der Waals surface area contributed by atoms with Gasteiger partial charge in [0, 0.05) is 38.3 Å². The second-order valence-corrected chi connectivity index (χ2v) is 3.57. The van der Waals surface area contributed by atoms with Gasteiger partial charge in [-0.15, -0.1) is 12.4 Å². The quantitative estimate of drug-likeness (QED) is 0.744. The van der Waals surface area contributed by atoms with Gasteiger partial charge in [-0.05, 0) is 12.1 Å². The van der Waals surface area contributed by atoms with Crippen molar-refractivity contribution >= 4 is 24.1 Å². The number of amides is 1. The zero-order chi connectivity index (χ0) is 10.7. The number of hydrogen-bond donors (Lipinski definition) is 0. The largest absolute Gasteiger partial charge is 0.338 e. The number of likely N-dealkylation sites (tertiary alicyclic amines) is 1. The van der Waals surface area contributed by atoms with Gasteiger partial charge in [-0.3, -0.25) is 14.6 Å². The standard InChI is InChI=1S/C11H12N2O2.ClH/c14-10-3-6-13(7-4-10)11(15)9-2-1-5-12-8-9;/h1-2,5,8H,3-4,6-7H2;1H. The minimum absolute atomic E-state index is 0. The van der Waals surface area contributed by atoms with Crippen molar-refractivity contribution in [2.75, 3.05) is 13.1 Å². The fourth-order valence-electron chi connectivity index (χ4n) is 1.63. The highest BCUT2D eigenvalue weighted by Gasteiger charge is 2.21. The van der Waals surface area contributed by atoms with E-state index in [4.69, 9.17) is 0 Å². The highest BCUT2D eigenvalue weighted by molar-refractivity contribution is 5.95. The van der Waals surface area contributed by atoms with E-state index in [9.17, 15) is 9.59 Å². The zero-order valence-electron chi connectivity index (χ0n) is 8.76. The molecule has 0 unspecified atom stereocenters. The third kappa shape index (κ3) is 2.79. The summed E-state index contributed by atoms with van der Waals surface area (Å²) in [6, 6.07) is 3.48. The summed E-state index contributed by atoms with van der Waals surface area (Å²) in [6.07, 6.45) is 4.15. The van der Waals surface area contributed by atoms with Crippen molar-refractivity contribution in [1.29, 1.82) is 0 Å². The molecular weight excluding hydrogens is 228 g/mol. The molecule has 0 N–H and O–H groups in total. The van der Waals surface area contributed by atoms with Crippen LogP contribution in [0.5, 0.6) is 0 Å². The molecule has 1 aromatic rings. The van der Waals surface area contributed by atoms with Crippen LogP contribution in [0.2, 0.25) is 0 Å². The van der Waals surface area contributed by atoms with Crippen molar-refractivity contribution in [2.24, 2.45) is 0 Å². The molecule has 0 aromatic carbocycles. The lowest BCUT2D eigenvalue weighted by Crippen LogP contribution is -2.38. The first kappa shape index (κ1) is 12.6. The van der Waals surface area contributed by atoms with Gasteiger partial charge in [0.25, 0.3) is 5.91 Å². The van der Waals surface area contributed by atoms with Crippen LogP contribution in [0.25, 0.3) is 0 Å². The van der Waals surface area contributed by atoms with E-state index < -0.39 is 0 Å². The minimum Gasteiger partial charge on any atom is -0.338 e. The third-order valence-corrected chi connectivity index (χ3v) is 2.52. The van der Waals surface area contributed by atoms with E-state index in [2.05, 4.69) is 4.98 Å². The lowest BCUT2D eigenvalue weighted by atomic mass is 10.1. The Morgan fingerprint density at radius 2 is 2.00 bits per heavy atom. The molecule has 1 amide bonds. The Morgan fingerprint density at radius 3 is 2.56 bits per heavy atom. The maximum atomic E-state index is 11.9. The predicted molar refractivity (Wildman–Crippen MR) is 61.6 cm³/mol. The van der Waals surface area contributed by atoms with Gasteiger partial charge in [0.2, 0.25) is 0 Å². The number of piperidine rings is 1. The Bertz CT molecular complexity index is 371. The van der Waals surface area contributed by atoms with Crippen LogP contribution in [0.1, 0.15) is 23.2 Å². The predicted octanol–water partition coefficient (Wildman–Crippen LogP) is 1.31. The Hall–Kier alpha value is -1.42. The van der Waals surface area contributed by atoms with Gasteiger partial charge >= 0.3 is 0 Å². The van der Waals surface area contributed by atoms with E-state index in [1.54, 1.807) is 29.4 Å². The number of ketones is 1. The van der Waals surface area contributed by atoms with Gasteiger partial charge in [0.15, 0.2) is 0 Å². The van der Waals surface area contributed by atoms with Gasteiger partial charge in [0.05, 0.1) is 5.56 Å². The highest BCUT2D eigenvalue weighted by atomic mass is 35.5. The van der Waals surface area contributed by atoms with Crippen molar-refractivity contribution in [3.63, 3.8) is 0 Å². The number of pyridine rings is 1. The molecule has 2 heterocycles. The van der Waals surface area contributed by atoms with Crippen molar-refractivity contribution in [3.05, 3.63) is 30.1 Å². The molecule has 4 nitrogen and oxygen atoms in total. The third-order valence-electron chi connectivity index (χ3n) is 2.52. The molecule has 0 aliphatic carbocycles. The number of Topliss-reactive ketones (excluding diaryl/α,β-unsaturated/α-hetero) is 1. The Kier molecular flexibility index (Phi) is 4.43. The summed E-state index contributed by atoms with van der Waals surface area (Å²) in [5, 5.41) is 0. The molecule has 1 aromatic heterocycles. The molecule has 5 heteroatoms. The van der Waals surface area contributed by atoms with Crippen molar-refractivity contribution < 1.29 is 9.59 Å². The summed E-state index contributed by atoms with van der Waals surface area (Å²) < 4.78 is 0. The van der Waals surface area contributed by atoms with Crippen LogP contribution in [0, 0.1) is 0 Å². The monoisotopic (exact) mass is 240 g/mol. The summed E-state index contributed by atoms with van der Waals surface area (Å²) in [5.74, 6) is 0.209. The second kappa shape index (κ2) is 5.61. The maximum Gasteiger partial charge on any atom is 0.255 e. The van der Waals surface area contributed by atoms with Crippen LogP contribution < -0.4 is 0 Å². The number of rotatable bonds is 1. The van der Waals surface area contributed by atoms with Crippen molar-refractivity contribution in [3.8, 4) is 0 Å². The first-order valence-electron chi connectivity index (χ1n) is 4.98. The number of nitrogens with zero attached hydrogens (tertiary/aromatic N) is 2. The molecule has 16 heavy (non-hydrogen) atoms. The minimum atomic E-state index is -0.0319. The molecule has 1 aliphatic rings. The van der Waals surface area contributed by atoms with E-state index >= 15 is 0 Å². The van der Waals surface area contributed by atoms with Gasteiger partial charge in [-0.1, -0.05) is 0 Å². The van der Waals surface area contributed by atoms with Crippen LogP contribution in [-0.4, -0.2) is 34.7 Å². The first-order chi connectivity index (χ1) is 7.27. The first-order valence-corrected chi connectivity index (χ1v) is 4.98. The highest BCUT2D eigenvalue weighted by Crippen LogP contribution is 2.10. The molecule has 1 fully saturated rings.